The van der Waals surface area contributed by atoms with E-state index in [9.17, 15) is 4.79 Å². The summed E-state index contributed by atoms with van der Waals surface area (Å²) in [5.41, 5.74) is 2.16. The minimum Gasteiger partial charge on any atom is -0.497 e. The van der Waals surface area contributed by atoms with Gasteiger partial charge in [-0.25, -0.2) is 0 Å². The molecule has 6 heteroatoms. The largest absolute Gasteiger partial charge is 0.497 e. The number of pyridine rings is 1. The van der Waals surface area contributed by atoms with Crippen molar-refractivity contribution in [3.8, 4) is 22.6 Å². The Hall–Kier alpha value is -2.76. The minimum atomic E-state index is -0.110. The first-order chi connectivity index (χ1) is 10.1. The topological polar surface area (TPSA) is 69.1 Å². The van der Waals surface area contributed by atoms with Crippen molar-refractivity contribution >= 4 is 10.9 Å². The third kappa shape index (κ3) is 2.14. The molecule has 1 aromatic carbocycles. The monoisotopic (exact) mass is 285 g/mol. The van der Waals surface area contributed by atoms with Gasteiger partial charge in [0.25, 0.3) is 5.56 Å². The van der Waals surface area contributed by atoms with Crippen molar-refractivity contribution in [1.82, 2.24) is 14.8 Å². The smallest absolute Gasteiger partial charge is 0.276 e. The van der Waals surface area contributed by atoms with Crippen molar-refractivity contribution in [2.45, 2.75) is 0 Å². The molecule has 0 atom stereocenters. The highest BCUT2D eigenvalue weighted by Crippen LogP contribution is 2.32. The third-order valence-electron chi connectivity index (χ3n) is 3.45. The van der Waals surface area contributed by atoms with Gasteiger partial charge in [-0.15, -0.1) is 0 Å². The molecule has 0 spiro atoms. The SMILES string of the molecule is COc1cc(OC)cc(-c2cn(C)c(=O)c3[nH]ncc23)c1. The average Bonchev–Trinajstić information content (AvgIpc) is 3.00. The molecule has 0 aliphatic rings. The molecule has 3 rings (SSSR count). The summed E-state index contributed by atoms with van der Waals surface area (Å²) in [7, 11) is 4.92. The van der Waals surface area contributed by atoms with Crippen LogP contribution in [0.25, 0.3) is 22.0 Å². The lowest BCUT2D eigenvalue weighted by atomic mass is 10.0. The molecule has 0 bridgehead atoms. The highest BCUT2D eigenvalue weighted by molar-refractivity contribution is 5.93. The quantitative estimate of drug-likeness (QED) is 0.798. The lowest BCUT2D eigenvalue weighted by Gasteiger charge is -2.10. The number of hydrogen-bond acceptors (Lipinski definition) is 4. The summed E-state index contributed by atoms with van der Waals surface area (Å²) < 4.78 is 12.1. The van der Waals surface area contributed by atoms with Crippen molar-refractivity contribution in [3.63, 3.8) is 0 Å². The molecule has 1 N–H and O–H groups in total. The Morgan fingerprint density at radius 2 is 1.81 bits per heavy atom. The average molecular weight is 285 g/mol. The number of aromatic nitrogens is 3. The first-order valence-electron chi connectivity index (χ1n) is 6.40. The van der Waals surface area contributed by atoms with Crippen LogP contribution in [0.1, 0.15) is 0 Å². The van der Waals surface area contributed by atoms with Crippen LogP contribution in [0, 0.1) is 0 Å². The lowest BCUT2D eigenvalue weighted by Crippen LogP contribution is -2.16. The zero-order valence-corrected chi connectivity index (χ0v) is 12.0. The maximum atomic E-state index is 12.1. The first kappa shape index (κ1) is 13.2. The summed E-state index contributed by atoms with van der Waals surface area (Å²) in [5, 5.41) is 7.50. The van der Waals surface area contributed by atoms with Crippen molar-refractivity contribution in [2.75, 3.05) is 14.2 Å². The summed E-state index contributed by atoms with van der Waals surface area (Å²) in [4.78, 5) is 12.1. The molecule has 0 saturated heterocycles. The number of H-pyrrole nitrogens is 1. The van der Waals surface area contributed by atoms with E-state index < -0.39 is 0 Å². The van der Waals surface area contributed by atoms with Gasteiger partial charge >= 0.3 is 0 Å². The summed E-state index contributed by atoms with van der Waals surface area (Å²) in [6.07, 6.45) is 3.44. The Morgan fingerprint density at radius 3 is 2.43 bits per heavy atom. The second kappa shape index (κ2) is 4.97. The molecule has 6 nitrogen and oxygen atoms in total. The number of fused-ring (bicyclic) bond motifs is 1. The van der Waals surface area contributed by atoms with Gasteiger partial charge in [0.05, 0.1) is 20.4 Å². The van der Waals surface area contributed by atoms with E-state index in [1.165, 1.54) is 4.57 Å². The number of nitrogens with zero attached hydrogens (tertiary/aromatic N) is 2. The molecule has 21 heavy (non-hydrogen) atoms. The minimum absolute atomic E-state index is 0.110. The number of benzene rings is 1. The number of rotatable bonds is 3. The van der Waals surface area contributed by atoms with Gasteiger partial charge in [-0.2, -0.15) is 5.10 Å². The van der Waals surface area contributed by atoms with Gasteiger partial charge < -0.3 is 14.0 Å². The Bertz CT molecular complexity index is 842. The van der Waals surface area contributed by atoms with Gasteiger partial charge in [0.2, 0.25) is 0 Å². The summed E-state index contributed by atoms with van der Waals surface area (Å²) in [5.74, 6) is 1.38. The van der Waals surface area contributed by atoms with Crippen molar-refractivity contribution in [3.05, 3.63) is 40.9 Å². The summed E-state index contributed by atoms with van der Waals surface area (Å²) >= 11 is 0. The molecule has 0 amide bonds. The van der Waals surface area contributed by atoms with Crippen LogP contribution in [0.2, 0.25) is 0 Å². The predicted molar refractivity (Wildman–Crippen MR) is 79.9 cm³/mol. The molecule has 2 aromatic heterocycles. The van der Waals surface area contributed by atoms with Crippen LogP contribution >= 0.6 is 0 Å². The molecular weight excluding hydrogens is 270 g/mol. The second-order valence-corrected chi connectivity index (χ2v) is 4.72. The van der Waals surface area contributed by atoms with Gasteiger partial charge in [0.1, 0.15) is 17.0 Å². The number of aromatic amines is 1. The first-order valence-corrected chi connectivity index (χ1v) is 6.40. The van der Waals surface area contributed by atoms with Crippen LogP contribution in [-0.2, 0) is 7.05 Å². The molecule has 0 aliphatic heterocycles. The van der Waals surface area contributed by atoms with E-state index in [1.807, 2.05) is 12.1 Å². The summed E-state index contributed by atoms with van der Waals surface area (Å²) in [6, 6.07) is 5.60. The van der Waals surface area contributed by atoms with E-state index >= 15 is 0 Å². The number of aryl methyl sites for hydroxylation is 1. The number of nitrogens with one attached hydrogen (secondary N) is 1. The van der Waals surface area contributed by atoms with E-state index in [0.717, 1.165) is 16.5 Å². The molecule has 0 saturated carbocycles. The van der Waals surface area contributed by atoms with E-state index in [0.29, 0.717) is 17.0 Å². The van der Waals surface area contributed by atoms with E-state index in [-0.39, 0.29) is 5.56 Å². The fraction of sp³-hybridized carbons (Fsp3) is 0.200. The zero-order valence-electron chi connectivity index (χ0n) is 12.0. The van der Waals surface area contributed by atoms with Crippen molar-refractivity contribution in [2.24, 2.45) is 7.05 Å². The summed E-state index contributed by atoms with van der Waals surface area (Å²) in [6.45, 7) is 0. The Balaban J connectivity index is 2.32. The highest BCUT2D eigenvalue weighted by Gasteiger charge is 2.12. The van der Waals surface area contributed by atoms with Gasteiger partial charge in [-0.05, 0) is 17.7 Å². The molecule has 0 aliphatic carbocycles. The number of methoxy groups -OCH3 is 2. The molecule has 108 valence electrons. The van der Waals surface area contributed by atoms with Crippen molar-refractivity contribution in [1.29, 1.82) is 0 Å². The normalized spacial score (nSPS) is 10.8. The Kier molecular flexibility index (Phi) is 3.13. The van der Waals surface area contributed by atoms with Crippen LogP contribution in [0.4, 0.5) is 0 Å². The van der Waals surface area contributed by atoms with Crippen LogP contribution in [0.3, 0.4) is 0 Å². The van der Waals surface area contributed by atoms with Gasteiger partial charge in [0, 0.05) is 30.3 Å². The molecule has 0 unspecified atom stereocenters. The van der Waals surface area contributed by atoms with E-state index in [4.69, 9.17) is 9.47 Å². The van der Waals surface area contributed by atoms with Gasteiger partial charge in [-0.3, -0.25) is 9.89 Å². The predicted octanol–water partition coefficient (Wildman–Crippen LogP) is 1.95. The Morgan fingerprint density at radius 1 is 1.14 bits per heavy atom. The zero-order chi connectivity index (χ0) is 15.0. The second-order valence-electron chi connectivity index (χ2n) is 4.72. The maximum absolute atomic E-state index is 12.1. The third-order valence-corrected chi connectivity index (χ3v) is 3.45. The van der Waals surface area contributed by atoms with Crippen molar-refractivity contribution < 1.29 is 9.47 Å². The molecule has 3 aromatic rings. The van der Waals surface area contributed by atoms with Gasteiger partial charge in [0.15, 0.2) is 0 Å². The van der Waals surface area contributed by atoms with Crippen LogP contribution in [0.5, 0.6) is 11.5 Å². The molecular formula is C15H15N3O3. The number of ether oxygens (including phenoxy) is 2. The van der Waals surface area contributed by atoms with E-state index in [1.54, 1.807) is 39.7 Å². The van der Waals surface area contributed by atoms with Gasteiger partial charge in [-0.1, -0.05) is 0 Å². The Labute approximate surface area is 120 Å². The van der Waals surface area contributed by atoms with Crippen LogP contribution in [-0.4, -0.2) is 29.0 Å². The van der Waals surface area contributed by atoms with Crippen LogP contribution < -0.4 is 15.0 Å². The number of hydrogen-bond donors (Lipinski definition) is 1. The standard InChI is InChI=1S/C15H15N3O3/c1-18-8-13(12-7-16-17-14(12)15(18)19)9-4-10(20-2)6-11(5-9)21-3/h4-8H,1-3H3,(H,16,17). The molecule has 0 radical (unpaired) electrons. The fourth-order valence-corrected chi connectivity index (χ4v) is 2.34. The van der Waals surface area contributed by atoms with Crippen LogP contribution in [0.15, 0.2) is 35.4 Å². The van der Waals surface area contributed by atoms with E-state index in [2.05, 4.69) is 10.2 Å². The fourth-order valence-electron chi connectivity index (χ4n) is 2.34. The molecule has 2 heterocycles. The lowest BCUT2D eigenvalue weighted by molar-refractivity contribution is 0.394. The molecule has 0 fully saturated rings. The highest BCUT2D eigenvalue weighted by atomic mass is 16.5. The maximum Gasteiger partial charge on any atom is 0.276 e.